The summed E-state index contributed by atoms with van der Waals surface area (Å²) in [6, 6.07) is 11.6. The lowest BCUT2D eigenvalue weighted by atomic mass is 10.0. The Labute approximate surface area is 195 Å². The van der Waals surface area contributed by atoms with Gasteiger partial charge in [-0.25, -0.2) is 0 Å². The molecule has 1 atom stereocenters. The van der Waals surface area contributed by atoms with E-state index in [-0.39, 0.29) is 30.5 Å². The molecule has 1 fully saturated rings. The smallest absolute Gasteiger partial charge is 0.240 e. The molecule has 1 saturated heterocycles. The number of ether oxygens (including phenoxy) is 3. The van der Waals surface area contributed by atoms with Gasteiger partial charge in [-0.3, -0.25) is 9.78 Å². The van der Waals surface area contributed by atoms with Crippen molar-refractivity contribution in [2.45, 2.75) is 18.9 Å². The van der Waals surface area contributed by atoms with E-state index in [1.54, 1.807) is 0 Å². The third-order valence-electron chi connectivity index (χ3n) is 5.70. The quantitative estimate of drug-likeness (QED) is 0.394. The molecule has 4 heterocycles. The van der Waals surface area contributed by atoms with Crippen molar-refractivity contribution in [2.24, 2.45) is 5.73 Å². The van der Waals surface area contributed by atoms with E-state index in [9.17, 15) is 4.79 Å². The maximum absolute atomic E-state index is 11.9. The van der Waals surface area contributed by atoms with Crippen LogP contribution in [0.1, 0.15) is 29.4 Å². The van der Waals surface area contributed by atoms with Crippen molar-refractivity contribution in [1.29, 1.82) is 0 Å². The number of aromatic nitrogens is 5. The highest BCUT2D eigenvalue weighted by Gasteiger charge is 2.19. The standard InChI is InChI=1S/C24H24N6O4/c1-32-14-18(31)10-21(25)23-28-27-22-19-4-2-3-5-20(19)24(29-30(22)23)34-13-17-7-6-15(11-26-17)16-8-9-33-12-16/h2-7,10-11,16H,8-9,12-14,25H2,1H3. The summed E-state index contributed by atoms with van der Waals surface area (Å²) in [5.41, 5.74) is 8.72. The van der Waals surface area contributed by atoms with E-state index in [1.807, 2.05) is 36.5 Å². The largest absolute Gasteiger partial charge is 0.470 e. The van der Waals surface area contributed by atoms with Crippen molar-refractivity contribution in [3.05, 3.63) is 65.8 Å². The second-order valence-corrected chi connectivity index (χ2v) is 8.04. The summed E-state index contributed by atoms with van der Waals surface area (Å²) in [6.07, 6.45) is 4.16. The van der Waals surface area contributed by atoms with Gasteiger partial charge in [0, 0.05) is 42.7 Å². The summed E-state index contributed by atoms with van der Waals surface area (Å²) in [5.74, 6) is 0.746. The van der Waals surface area contributed by atoms with E-state index in [2.05, 4.69) is 26.3 Å². The number of pyridine rings is 1. The van der Waals surface area contributed by atoms with Crippen LogP contribution in [0.4, 0.5) is 0 Å². The third-order valence-corrected chi connectivity index (χ3v) is 5.70. The Morgan fingerprint density at radius 1 is 1.24 bits per heavy atom. The normalized spacial score (nSPS) is 16.4. The van der Waals surface area contributed by atoms with Crippen LogP contribution < -0.4 is 10.5 Å². The first kappa shape index (κ1) is 21.9. The number of hydrogen-bond donors (Lipinski definition) is 1. The second kappa shape index (κ2) is 9.54. The molecule has 0 amide bonds. The summed E-state index contributed by atoms with van der Waals surface area (Å²) in [6.45, 7) is 1.69. The molecule has 34 heavy (non-hydrogen) atoms. The first-order valence-corrected chi connectivity index (χ1v) is 10.9. The predicted octanol–water partition coefficient (Wildman–Crippen LogP) is 2.27. The van der Waals surface area contributed by atoms with Crippen molar-refractivity contribution >= 4 is 27.9 Å². The Morgan fingerprint density at radius 2 is 2.09 bits per heavy atom. The van der Waals surface area contributed by atoms with Crippen molar-refractivity contribution in [3.8, 4) is 5.88 Å². The predicted molar refractivity (Wildman–Crippen MR) is 124 cm³/mol. The number of hydrogen-bond acceptors (Lipinski definition) is 9. The first-order valence-electron chi connectivity index (χ1n) is 10.9. The fraction of sp³-hybridized carbons (Fsp3) is 0.292. The highest BCUT2D eigenvalue weighted by atomic mass is 16.5. The Balaban J connectivity index is 1.45. The monoisotopic (exact) mass is 460 g/mol. The van der Waals surface area contributed by atoms with Gasteiger partial charge in [0.2, 0.25) is 11.7 Å². The van der Waals surface area contributed by atoms with Gasteiger partial charge in [0.15, 0.2) is 11.4 Å². The lowest BCUT2D eigenvalue weighted by Gasteiger charge is -2.11. The Morgan fingerprint density at radius 3 is 2.82 bits per heavy atom. The molecular formula is C24H24N6O4. The number of nitrogens with two attached hydrogens (primary N) is 1. The average Bonchev–Trinajstić information content (AvgIpc) is 3.53. The van der Waals surface area contributed by atoms with Crippen LogP contribution in [0.15, 0.2) is 48.7 Å². The molecule has 1 aliphatic rings. The van der Waals surface area contributed by atoms with E-state index in [4.69, 9.17) is 19.9 Å². The molecule has 1 aliphatic heterocycles. The van der Waals surface area contributed by atoms with Gasteiger partial charge in [0.1, 0.15) is 13.2 Å². The minimum Gasteiger partial charge on any atom is -0.470 e. The zero-order chi connectivity index (χ0) is 23.5. The minimum atomic E-state index is -0.285. The molecule has 10 heteroatoms. The molecule has 0 aliphatic carbocycles. The SMILES string of the molecule is COCC(=O)C=C(N)c1nnc2c3ccccc3c(OCc3ccc(C4CCOC4)cn3)nn12. The summed E-state index contributed by atoms with van der Waals surface area (Å²) >= 11 is 0. The molecule has 0 radical (unpaired) electrons. The molecule has 1 aromatic carbocycles. The van der Waals surface area contributed by atoms with Gasteiger partial charge in [-0.15, -0.1) is 15.3 Å². The topological polar surface area (TPSA) is 127 Å². The van der Waals surface area contributed by atoms with Gasteiger partial charge in [0.25, 0.3) is 0 Å². The number of nitrogens with zero attached hydrogens (tertiary/aromatic N) is 5. The maximum Gasteiger partial charge on any atom is 0.240 e. The van der Waals surface area contributed by atoms with Crippen LogP contribution >= 0.6 is 0 Å². The lowest BCUT2D eigenvalue weighted by molar-refractivity contribution is -0.117. The highest BCUT2D eigenvalue weighted by Crippen LogP contribution is 2.28. The molecule has 5 rings (SSSR count). The number of carbonyl (C=O) groups excluding carboxylic acids is 1. The first-order chi connectivity index (χ1) is 16.6. The number of rotatable bonds is 8. The Kier molecular flexibility index (Phi) is 6.15. The van der Waals surface area contributed by atoms with E-state index >= 15 is 0 Å². The highest BCUT2D eigenvalue weighted by molar-refractivity contribution is 5.98. The van der Waals surface area contributed by atoms with Gasteiger partial charge in [-0.05, 0) is 24.1 Å². The fourth-order valence-electron chi connectivity index (χ4n) is 3.96. The van der Waals surface area contributed by atoms with Crippen molar-refractivity contribution in [2.75, 3.05) is 26.9 Å². The van der Waals surface area contributed by atoms with Crippen molar-refractivity contribution in [3.63, 3.8) is 0 Å². The number of ketones is 1. The Bertz CT molecular complexity index is 1360. The second-order valence-electron chi connectivity index (χ2n) is 8.04. The van der Waals surface area contributed by atoms with Crippen LogP contribution in [0, 0.1) is 0 Å². The van der Waals surface area contributed by atoms with Gasteiger partial charge >= 0.3 is 0 Å². The van der Waals surface area contributed by atoms with E-state index in [0.717, 1.165) is 36.1 Å². The van der Waals surface area contributed by atoms with E-state index in [0.29, 0.717) is 17.4 Å². The molecule has 0 saturated carbocycles. The average molecular weight is 460 g/mol. The lowest BCUT2D eigenvalue weighted by Crippen LogP contribution is -2.11. The van der Waals surface area contributed by atoms with Crippen LogP contribution in [0.25, 0.3) is 22.1 Å². The fourth-order valence-corrected chi connectivity index (χ4v) is 3.96. The molecular weight excluding hydrogens is 436 g/mol. The summed E-state index contributed by atoms with van der Waals surface area (Å²) in [5, 5.41) is 14.6. The molecule has 1 unspecified atom stereocenters. The van der Waals surface area contributed by atoms with Gasteiger partial charge < -0.3 is 19.9 Å². The molecule has 3 aromatic heterocycles. The number of carbonyl (C=O) groups is 1. The summed E-state index contributed by atoms with van der Waals surface area (Å²) < 4.78 is 17.9. The zero-order valence-corrected chi connectivity index (χ0v) is 18.7. The summed E-state index contributed by atoms with van der Waals surface area (Å²) in [4.78, 5) is 16.5. The van der Waals surface area contributed by atoms with Crippen molar-refractivity contribution in [1.82, 2.24) is 24.8 Å². The molecule has 0 bridgehead atoms. The zero-order valence-electron chi connectivity index (χ0n) is 18.7. The molecule has 10 nitrogen and oxygen atoms in total. The van der Waals surface area contributed by atoms with Gasteiger partial charge in [-0.1, -0.05) is 24.3 Å². The molecule has 0 spiro atoms. The summed E-state index contributed by atoms with van der Waals surface area (Å²) in [7, 11) is 1.44. The van der Waals surface area contributed by atoms with Crippen LogP contribution in [-0.2, 0) is 20.9 Å². The molecule has 4 aromatic rings. The van der Waals surface area contributed by atoms with Crippen LogP contribution in [-0.4, -0.2) is 57.5 Å². The van der Waals surface area contributed by atoms with Crippen LogP contribution in [0.2, 0.25) is 0 Å². The number of benzene rings is 1. The third kappa shape index (κ3) is 4.33. The molecule has 2 N–H and O–H groups in total. The van der Waals surface area contributed by atoms with Crippen LogP contribution in [0.3, 0.4) is 0 Å². The van der Waals surface area contributed by atoms with Gasteiger partial charge in [0.05, 0.1) is 18.0 Å². The maximum atomic E-state index is 11.9. The van der Waals surface area contributed by atoms with Crippen molar-refractivity contribution < 1.29 is 19.0 Å². The van der Waals surface area contributed by atoms with Gasteiger partial charge in [-0.2, -0.15) is 4.52 Å². The van der Waals surface area contributed by atoms with E-state index in [1.165, 1.54) is 23.3 Å². The number of methoxy groups -OCH3 is 1. The van der Waals surface area contributed by atoms with Crippen LogP contribution in [0.5, 0.6) is 5.88 Å². The Hall–Kier alpha value is -3.89. The number of fused-ring (bicyclic) bond motifs is 3. The van der Waals surface area contributed by atoms with E-state index < -0.39 is 0 Å². The minimum absolute atomic E-state index is 0.0816. The molecule has 174 valence electrons.